The third-order valence-corrected chi connectivity index (χ3v) is 15.2. The molecule has 4 aliphatic heterocycles. The minimum atomic E-state index is -1.46. The van der Waals surface area contributed by atoms with Gasteiger partial charge >= 0.3 is 26.4 Å². The third kappa shape index (κ3) is 7.53. The fourth-order valence-corrected chi connectivity index (χ4v) is 12.4. The molecule has 1 unspecified atom stereocenters. The van der Waals surface area contributed by atoms with Crippen molar-refractivity contribution < 1.29 is 0 Å². The summed E-state index contributed by atoms with van der Waals surface area (Å²) in [7, 11) is -1.46. The maximum absolute atomic E-state index is 8.98. The predicted octanol–water partition coefficient (Wildman–Crippen LogP) is 10.6. The summed E-state index contributed by atoms with van der Waals surface area (Å²) in [5.41, 5.74) is 31.1. The van der Waals surface area contributed by atoms with E-state index in [4.69, 9.17) is 15.8 Å². The van der Waals surface area contributed by atoms with Crippen molar-refractivity contribution in [2.75, 3.05) is 0 Å². The largest absolute Gasteiger partial charge is 0.697 e. The first-order chi connectivity index (χ1) is 30.5. The van der Waals surface area contributed by atoms with E-state index in [2.05, 4.69) is 142 Å². The smallest absolute Gasteiger partial charge is 0.389 e. The Morgan fingerprint density at radius 2 is 1.52 bits per heavy atom. The van der Waals surface area contributed by atoms with Crippen LogP contribution in [0.4, 0.5) is 0 Å². The molecular weight excluding hydrogens is 785 g/mol. The van der Waals surface area contributed by atoms with Gasteiger partial charge in [0.2, 0.25) is 0 Å². The zero-order valence-electron chi connectivity index (χ0n) is 36.9. The summed E-state index contributed by atoms with van der Waals surface area (Å²) in [6.45, 7) is 15.8. The lowest BCUT2D eigenvalue weighted by Gasteiger charge is -2.22. The zero-order chi connectivity index (χ0) is 43.9. The first-order valence-corrected chi connectivity index (χ1v) is 23.5. The normalized spacial score (nSPS) is 18.7. The topological polar surface area (TPSA) is 101 Å². The van der Waals surface area contributed by atoms with Gasteiger partial charge in [-0.15, -0.1) is 5.70 Å². The molecule has 0 saturated carbocycles. The summed E-state index contributed by atoms with van der Waals surface area (Å²) in [5.74, 6) is 0. The number of aryl methyl sites for hydroxylation is 4. The van der Waals surface area contributed by atoms with Gasteiger partial charge in [-0.1, -0.05) is 76.1 Å². The number of rotatable bonds is 9. The van der Waals surface area contributed by atoms with Crippen molar-refractivity contribution in [2.45, 2.75) is 54.1 Å². The van der Waals surface area contributed by atoms with Crippen LogP contribution in [0.5, 0.6) is 0 Å². The van der Waals surface area contributed by atoms with Gasteiger partial charge < -0.3 is 16.5 Å². The summed E-state index contributed by atoms with van der Waals surface area (Å²) in [6.07, 6.45) is 28.2. The Balaban J connectivity index is 1.29. The lowest BCUT2D eigenvalue weighted by Crippen LogP contribution is -2.33. The Kier molecular flexibility index (Phi) is 10.9. The summed E-state index contributed by atoms with van der Waals surface area (Å²) in [4.78, 5) is 4.47. The van der Waals surface area contributed by atoms with Gasteiger partial charge in [0, 0.05) is 52.5 Å². The standard InChI is InChI=1S/C56H49N6Si/c1-33(21-23-46(58)47-19-12-13-25-59-47)55-52(50-36(4)29-42(30-37(50)5)54-44-17-9-8-15-39(44)31-62-54)53(56(63(55)7)40-22-24-49(61-32-40)48-20-14-26-60-48)51-34(2)27-41(28-35(51)3)38(6)43-16-10-11-18-45(43)57/h8-32,49H,1-7H3,(H2,57,61,62)/q+1/p+1. The van der Waals surface area contributed by atoms with Crippen LogP contribution in [0.1, 0.15) is 75.2 Å². The van der Waals surface area contributed by atoms with Gasteiger partial charge in [0.1, 0.15) is 16.4 Å². The Hall–Kier alpha value is -7.40. The van der Waals surface area contributed by atoms with Gasteiger partial charge in [-0.05, 0) is 140 Å². The molecule has 0 fully saturated rings. The molecule has 63 heavy (non-hydrogen) atoms. The highest BCUT2D eigenvalue weighted by Gasteiger charge is 2.49. The summed E-state index contributed by atoms with van der Waals surface area (Å²) in [6, 6.07) is 23.4. The number of nitrogens with zero attached hydrogens (tertiary/aromatic N) is 3. The molecule has 3 aromatic carbocycles. The number of benzene rings is 3. The van der Waals surface area contributed by atoms with E-state index in [9.17, 15) is 0 Å². The van der Waals surface area contributed by atoms with E-state index < -0.39 is 8.80 Å². The maximum Gasteiger partial charge on any atom is 0.389 e. The van der Waals surface area contributed by atoms with Gasteiger partial charge in [0.25, 0.3) is 6.21 Å². The first kappa shape index (κ1) is 41.0. The molecule has 4 aromatic rings. The highest BCUT2D eigenvalue weighted by atomic mass is 28.3. The number of pyridine rings is 1. The number of hydrogen-bond acceptors (Lipinski definition) is 3. The number of nitrogens with one attached hydrogen (secondary N) is 3. The van der Waals surface area contributed by atoms with Crippen LogP contribution < -0.4 is 14.7 Å². The van der Waals surface area contributed by atoms with Crippen LogP contribution in [0.25, 0.3) is 28.2 Å². The van der Waals surface area contributed by atoms with E-state index in [1.54, 1.807) is 6.20 Å². The fraction of sp³-hybridized carbons (Fsp3) is 0.143. The zero-order valence-corrected chi connectivity index (χ0v) is 37.9. The number of fused-ring (bicyclic) bond motifs is 1. The molecule has 6 nitrogen and oxygen atoms in total. The van der Waals surface area contributed by atoms with Crippen LogP contribution in [-0.4, -0.2) is 49.4 Å². The number of hydrogen-bond donors (Lipinski definition) is 2. The summed E-state index contributed by atoms with van der Waals surface area (Å²) < 4.78 is 9.54. The molecule has 9 rings (SSSR count). The lowest BCUT2D eigenvalue weighted by molar-refractivity contribution is 0.859. The molecule has 1 atom stereocenters. The summed E-state index contributed by atoms with van der Waals surface area (Å²) in [5, 5.41) is 15.1. The van der Waals surface area contributed by atoms with E-state index in [1.807, 2.05) is 67.1 Å². The Morgan fingerprint density at radius 1 is 0.810 bits per heavy atom. The molecular formula is C56H50N6Si+2. The van der Waals surface area contributed by atoms with E-state index in [1.165, 1.54) is 60.5 Å². The second kappa shape index (κ2) is 16.8. The summed E-state index contributed by atoms with van der Waals surface area (Å²) >= 11 is 0. The van der Waals surface area contributed by atoms with Crippen molar-refractivity contribution in [3.63, 3.8) is 0 Å². The van der Waals surface area contributed by atoms with Crippen LogP contribution in [-0.2, 0) is 0 Å². The van der Waals surface area contributed by atoms with E-state index in [0.29, 0.717) is 17.1 Å². The van der Waals surface area contributed by atoms with Crippen molar-refractivity contribution in [2.24, 2.45) is 0 Å². The SMILES string of the molecule is C/C(=C\C=C(/[NH-])c1ccccn1)C1=C(c2c(C)cc(C3=[N+]=Cc4ccccc43)cc2C)C(c2c(C)cc(/C(C)=C3\C=CC=CC3=N)cc2C)=C(C2=CNC(C3=[N+]=CC=C3)C=C2)[Si+]1C. The van der Waals surface area contributed by atoms with Gasteiger partial charge in [-0.2, -0.15) is 0 Å². The highest BCUT2D eigenvalue weighted by molar-refractivity contribution is 6.80. The van der Waals surface area contributed by atoms with Crippen LogP contribution in [0.15, 0.2) is 167 Å². The number of aromatic nitrogens is 1. The van der Waals surface area contributed by atoms with Gasteiger partial charge in [0.15, 0.2) is 0 Å². The average molecular weight is 835 g/mol. The molecule has 0 saturated heterocycles. The predicted molar refractivity (Wildman–Crippen MR) is 270 cm³/mol. The highest BCUT2D eigenvalue weighted by Crippen LogP contribution is 2.52. The van der Waals surface area contributed by atoms with Gasteiger partial charge in [-0.25, -0.2) is 0 Å². The van der Waals surface area contributed by atoms with Crippen molar-refractivity contribution in [1.29, 1.82) is 5.41 Å². The van der Waals surface area contributed by atoms with Crippen molar-refractivity contribution in [3.8, 4) is 0 Å². The first-order valence-electron chi connectivity index (χ1n) is 21.5. The average Bonchev–Trinajstić information content (AvgIpc) is 4.04. The van der Waals surface area contributed by atoms with Crippen molar-refractivity contribution in [3.05, 3.63) is 234 Å². The van der Waals surface area contributed by atoms with Gasteiger partial charge in [0.05, 0.1) is 28.9 Å². The molecule has 0 spiro atoms. The van der Waals surface area contributed by atoms with E-state index >= 15 is 0 Å². The van der Waals surface area contributed by atoms with Crippen LogP contribution in [0, 0.1) is 33.1 Å². The molecule has 1 aromatic heterocycles. The Labute approximate surface area is 372 Å². The quantitative estimate of drug-likeness (QED) is 0.0878. The second-order valence-electron chi connectivity index (χ2n) is 16.8. The fourth-order valence-electron chi connectivity index (χ4n) is 9.62. The van der Waals surface area contributed by atoms with Crippen molar-refractivity contribution in [1.82, 2.24) is 19.6 Å². The van der Waals surface area contributed by atoms with E-state index in [-0.39, 0.29) is 6.04 Å². The molecule has 306 valence electrons. The maximum atomic E-state index is 8.98. The Morgan fingerprint density at radius 3 is 2.21 bits per heavy atom. The Bertz CT molecular complexity index is 3090. The minimum absolute atomic E-state index is 0.0124. The molecule has 5 heterocycles. The molecule has 0 amide bonds. The second-order valence-corrected chi connectivity index (χ2v) is 19.0. The van der Waals surface area contributed by atoms with Crippen LogP contribution in [0.3, 0.4) is 0 Å². The number of dihydropyridines is 1. The lowest BCUT2D eigenvalue weighted by atomic mass is 9.80. The molecule has 0 radical (unpaired) electrons. The van der Waals surface area contributed by atoms with Gasteiger partial charge in [-0.3, -0.25) is 4.98 Å². The molecule has 1 aliphatic carbocycles. The van der Waals surface area contributed by atoms with E-state index in [0.717, 1.165) is 50.4 Å². The molecule has 0 bridgehead atoms. The monoisotopic (exact) mass is 834 g/mol. The molecule has 5 aliphatic rings. The molecule has 7 heteroatoms. The minimum Gasteiger partial charge on any atom is -0.697 e. The molecule has 3 N–H and O–H groups in total. The van der Waals surface area contributed by atoms with Crippen LogP contribution in [0.2, 0.25) is 6.55 Å². The number of allylic oxidation sites excluding steroid dienone is 16. The van der Waals surface area contributed by atoms with Crippen molar-refractivity contribution >= 4 is 60.8 Å². The van der Waals surface area contributed by atoms with Crippen LogP contribution >= 0.6 is 0 Å². The third-order valence-electron chi connectivity index (χ3n) is 12.6.